The summed E-state index contributed by atoms with van der Waals surface area (Å²) in [5.74, 6) is 0.180. The molecule has 0 unspecified atom stereocenters. The highest BCUT2D eigenvalue weighted by Crippen LogP contribution is 2.31. The Hall–Kier alpha value is -2.68. The molecule has 0 fully saturated rings. The number of sulfonamides is 1. The molecule has 0 amide bonds. The molecule has 0 aliphatic rings. The first kappa shape index (κ1) is 20.6. The summed E-state index contributed by atoms with van der Waals surface area (Å²) in [6, 6.07) is 4.67. The van der Waals surface area contributed by atoms with Crippen LogP contribution in [0.1, 0.15) is 28.7 Å². The number of carbonyl (C=O) groups excluding carboxylic acids is 1. The third kappa shape index (κ3) is 4.02. The van der Waals surface area contributed by atoms with Crippen LogP contribution >= 0.6 is 0 Å². The number of hydrogen-bond acceptors (Lipinski definition) is 6. The van der Waals surface area contributed by atoms with E-state index in [0.29, 0.717) is 22.9 Å². The molecule has 0 atom stereocenters. The van der Waals surface area contributed by atoms with Crippen LogP contribution in [-0.2, 0) is 21.8 Å². The van der Waals surface area contributed by atoms with Gasteiger partial charge in [0.15, 0.2) is 0 Å². The van der Waals surface area contributed by atoms with Gasteiger partial charge in [-0.3, -0.25) is 4.72 Å². The van der Waals surface area contributed by atoms with E-state index >= 15 is 0 Å². The predicted octanol–water partition coefficient (Wildman–Crippen LogP) is 2.64. The van der Waals surface area contributed by atoms with Crippen molar-refractivity contribution in [2.75, 3.05) is 25.5 Å². The number of hydrogen-bond donors (Lipinski definition) is 1. The van der Waals surface area contributed by atoms with Crippen molar-refractivity contribution in [3.05, 3.63) is 35.2 Å². The fourth-order valence-electron chi connectivity index (χ4n) is 2.76. The minimum atomic E-state index is -4.07. The number of rotatable bonds is 7. The van der Waals surface area contributed by atoms with Crippen LogP contribution in [0, 0.1) is 13.8 Å². The van der Waals surface area contributed by atoms with Gasteiger partial charge in [0, 0.05) is 36.6 Å². The summed E-state index contributed by atoms with van der Waals surface area (Å²) in [4.78, 5) is 12.3. The van der Waals surface area contributed by atoms with Crippen molar-refractivity contribution >= 4 is 21.7 Å². The van der Waals surface area contributed by atoms with Gasteiger partial charge in [0.2, 0.25) is 0 Å². The first-order chi connectivity index (χ1) is 12.7. The van der Waals surface area contributed by atoms with E-state index in [4.69, 9.17) is 14.2 Å². The molecular weight excluding hydrogens is 372 g/mol. The Labute approximate surface area is 159 Å². The monoisotopic (exact) mass is 396 g/mol. The average molecular weight is 396 g/mol. The third-order valence-electron chi connectivity index (χ3n) is 4.28. The zero-order valence-corrected chi connectivity index (χ0v) is 17.1. The van der Waals surface area contributed by atoms with Crippen LogP contribution in [0.2, 0.25) is 0 Å². The van der Waals surface area contributed by atoms with Crippen LogP contribution in [0.25, 0.3) is 0 Å². The Kier molecular flexibility index (Phi) is 6.04. The van der Waals surface area contributed by atoms with Gasteiger partial charge in [-0.1, -0.05) is 0 Å². The lowest BCUT2D eigenvalue weighted by molar-refractivity contribution is 0.0521. The van der Waals surface area contributed by atoms with Crippen LogP contribution in [-0.4, -0.2) is 39.8 Å². The molecule has 1 aromatic carbocycles. The lowest BCUT2D eigenvalue weighted by Gasteiger charge is -2.12. The molecule has 0 aliphatic heterocycles. The van der Waals surface area contributed by atoms with Gasteiger partial charge in [0.25, 0.3) is 10.0 Å². The van der Waals surface area contributed by atoms with E-state index in [1.165, 1.54) is 26.4 Å². The molecule has 0 radical (unpaired) electrons. The van der Waals surface area contributed by atoms with Crippen LogP contribution in [0.3, 0.4) is 0 Å². The maximum Gasteiger partial charge on any atom is 0.341 e. The minimum absolute atomic E-state index is 0.0270. The third-order valence-corrected chi connectivity index (χ3v) is 5.82. The van der Waals surface area contributed by atoms with Crippen molar-refractivity contribution in [2.24, 2.45) is 7.05 Å². The smallest absolute Gasteiger partial charge is 0.341 e. The lowest BCUT2D eigenvalue weighted by atomic mass is 10.2. The van der Waals surface area contributed by atoms with E-state index < -0.39 is 16.0 Å². The maximum absolute atomic E-state index is 13.1. The topological polar surface area (TPSA) is 95.9 Å². The first-order valence-electron chi connectivity index (χ1n) is 8.25. The fraction of sp³-hybridized carbons (Fsp3) is 0.389. The first-order valence-corrected chi connectivity index (χ1v) is 9.73. The quantitative estimate of drug-likeness (QED) is 0.723. The number of anilines is 1. The molecule has 1 N–H and O–H groups in total. The lowest BCUT2D eigenvalue weighted by Crippen LogP contribution is -2.18. The predicted molar refractivity (Wildman–Crippen MR) is 101 cm³/mol. The molecule has 2 aromatic rings. The van der Waals surface area contributed by atoms with Gasteiger partial charge in [-0.2, -0.15) is 0 Å². The number of methoxy groups -OCH3 is 2. The molecule has 0 saturated heterocycles. The van der Waals surface area contributed by atoms with Crippen LogP contribution in [0.5, 0.6) is 11.5 Å². The second kappa shape index (κ2) is 7.91. The standard InChI is InChI=1S/C18H24N2O6S/c1-7-26-18(21)16-11(2)20(4)12(3)17(16)27(22,23)19-13-8-14(24-5)10-15(9-13)25-6/h8-10,19H,7H2,1-6H3. The van der Waals surface area contributed by atoms with Crippen molar-refractivity contribution in [1.82, 2.24) is 4.57 Å². The Balaban J connectivity index is 2.58. The van der Waals surface area contributed by atoms with E-state index in [0.717, 1.165) is 0 Å². The van der Waals surface area contributed by atoms with Crippen molar-refractivity contribution in [1.29, 1.82) is 0 Å². The van der Waals surface area contributed by atoms with Crippen molar-refractivity contribution in [2.45, 2.75) is 25.7 Å². The second-order valence-electron chi connectivity index (χ2n) is 5.86. The van der Waals surface area contributed by atoms with Crippen molar-refractivity contribution in [3.63, 3.8) is 0 Å². The molecule has 0 saturated carbocycles. The van der Waals surface area contributed by atoms with Crippen LogP contribution < -0.4 is 14.2 Å². The summed E-state index contributed by atoms with van der Waals surface area (Å²) in [7, 11) is 0.561. The Morgan fingerprint density at radius 2 is 1.63 bits per heavy atom. The second-order valence-corrected chi connectivity index (χ2v) is 7.48. The van der Waals surface area contributed by atoms with E-state index in [1.54, 1.807) is 38.5 Å². The van der Waals surface area contributed by atoms with E-state index in [9.17, 15) is 13.2 Å². The zero-order chi connectivity index (χ0) is 20.4. The molecule has 8 nitrogen and oxygen atoms in total. The molecule has 9 heteroatoms. The number of aromatic nitrogens is 1. The number of esters is 1. The van der Waals surface area contributed by atoms with Crippen LogP contribution in [0.15, 0.2) is 23.1 Å². The van der Waals surface area contributed by atoms with Gasteiger partial charge in [-0.15, -0.1) is 0 Å². The van der Waals surface area contributed by atoms with Gasteiger partial charge in [0.05, 0.1) is 26.5 Å². The molecule has 148 valence electrons. The SMILES string of the molecule is CCOC(=O)c1c(S(=O)(=O)Nc2cc(OC)cc(OC)c2)c(C)n(C)c1C. The molecule has 0 aliphatic carbocycles. The molecule has 2 rings (SSSR count). The van der Waals surface area contributed by atoms with E-state index in [-0.39, 0.29) is 22.8 Å². The minimum Gasteiger partial charge on any atom is -0.497 e. The molecule has 0 bridgehead atoms. The summed E-state index contributed by atoms with van der Waals surface area (Å²) >= 11 is 0. The van der Waals surface area contributed by atoms with Gasteiger partial charge < -0.3 is 18.8 Å². The van der Waals surface area contributed by atoms with Crippen LogP contribution in [0.4, 0.5) is 5.69 Å². The molecule has 1 aromatic heterocycles. The Bertz CT molecular complexity index is 940. The highest BCUT2D eigenvalue weighted by atomic mass is 32.2. The number of carbonyl (C=O) groups is 1. The fourth-order valence-corrected chi connectivity index (χ4v) is 4.32. The van der Waals surface area contributed by atoms with E-state index in [2.05, 4.69) is 4.72 Å². The highest BCUT2D eigenvalue weighted by molar-refractivity contribution is 7.92. The summed E-state index contributed by atoms with van der Waals surface area (Å²) in [6.07, 6.45) is 0. The normalized spacial score (nSPS) is 11.2. The molecule has 1 heterocycles. The summed E-state index contributed by atoms with van der Waals surface area (Å²) in [5.41, 5.74) is 1.22. The zero-order valence-electron chi connectivity index (χ0n) is 16.2. The number of benzene rings is 1. The van der Waals surface area contributed by atoms with Crippen molar-refractivity contribution < 1.29 is 27.4 Å². The molecular formula is C18H24N2O6S. The van der Waals surface area contributed by atoms with Gasteiger partial charge in [0.1, 0.15) is 22.0 Å². The van der Waals surface area contributed by atoms with Gasteiger partial charge >= 0.3 is 5.97 Å². The summed E-state index contributed by atoms with van der Waals surface area (Å²) in [5, 5.41) is 0. The average Bonchev–Trinajstić information content (AvgIpc) is 2.85. The van der Waals surface area contributed by atoms with Gasteiger partial charge in [-0.25, -0.2) is 13.2 Å². The molecule has 27 heavy (non-hydrogen) atoms. The Morgan fingerprint density at radius 1 is 1.07 bits per heavy atom. The number of ether oxygens (including phenoxy) is 3. The highest BCUT2D eigenvalue weighted by Gasteiger charge is 2.31. The van der Waals surface area contributed by atoms with Gasteiger partial charge in [-0.05, 0) is 20.8 Å². The number of nitrogens with zero attached hydrogens (tertiary/aromatic N) is 1. The van der Waals surface area contributed by atoms with Crippen molar-refractivity contribution in [3.8, 4) is 11.5 Å². The van der Waals surface area contributed by atoms with E-state index in [1.807, 2.05) is 0 Å². The molecule has 0 spiro atoms. The summed E-state index contributed by atoms with van der Waals surface area (Å²) < 4.78 is 45.7. The Morgan fingerprint density at radius 3 is 2.11 bits per heavy atom. The summed E-state index contributed by atoms with van der Waals surface area (Å²) in [6.45, 7) is 5.12. The number of nitrogens with one attached hydrogen (secondary N) is 1. The largest absolute Gasteiger partial charge is 0.497 e. The maximum atomic E-state index is 13.1.